The second-order valence-electron chi connectivity index (χ2n) is 18.0. The molecule has 8 atom stereocenters. The number of allylic oxidation sites excluding steroid dienone is 2. The Balaban J connectivity index is 1.12. The number of aromatic nitrogens is 1. The summed E-state index contributed by atoms with van der Waals surface area (Å²) < 4.78 is 5.62. The van der Waals surface area contributed by atoms with E-state index >= 15 is 0 Å². The normalized spacial score (nSPS) is 42.0. The van der Waals surface area contributed by atoms with Gasteiger partial charge in [0, 0.05) is 22.1 Å². The minimum absolute atomic E-state index is 0.149. The van der Waals surface area contributed by atoms with E-state index in [1.807, 2.05) is 30.3 Å². The molecular weight excluding hydrogens is 576 g/mol. The van der Waals surface area contributed by atoms with Crippen LogP contribution in [0.25, 0.3) is 11.3 Å². The molecule has 2 aromatic rings. The van der Waals surface area contributed by atoms with Gasteiger partial charge in [0.1, 0.15) is 5.69 Å². The fourth-order valence-electron chi connectivity index (χ4n) is 12.2. The van der Waals surface area contributed by atoms with E-state index < -0.39 is 5.41 Å². The molecule has 1 aromatic carbocycles. The molecule has 5 heteroatoms. The van der Waals surface area contributed by atoms with Crippen LogP contribution in [0.15, 0.2) is 46.5 Å². The average molecular weight is 631 g/mol. The van der Waals surface area contributed by atoms with Crippen LogP contribution in [-0.2, 0) is 11.3 Å². The zero-order valence-corrected chi connectivity index (χ0v) is 29.6. The minimum Gasteiger partial charge on any atom is -0.359 e. The standard InChI is InChI=1S/C40H55ClN2O2/c1-35(2)15-9-16-38(5)32(35)14-17-40(7)33(38)13-12-29-30-24-37(4,19-18-36(30,3)20-21-39(29,40)6)34(44)42-25-28-23-31(43-45-28)26-10-8-11-27(41)22-26/h8,10-12,22-23,30,32-33H,9,13-21,24-25H2,1-7H3,(H,42,44)/t30-,32?,33?,36+,37-,38-,39-,40+/m0/s1. The molecule has 0 radical (unpaired) electrons. The summed E-state index contributed by atoms with van der Waals surface area (Å²) in [5.41, 5.74) is 4.65. The van der Waals surface area contributed by atoms with Gasteiger partial charge in [0.15, 0.2) is 5.76 Å². The van der Waals surface area contributed by atoms with E-state index in [0.717, 1.165) is 42.4 Å². The Bertz CT molecular complexity index is 1530. The first-order valence-electron chi connectivity index (χ1n) is 17.8. The monoisotopic (exact) mass is 630 g/mol. The van der Waals surface area contributed by atoms with Crippen molar-refractivity contribution in [3.63, 3.8) is 0 Å². The maximum Gasteiger partial charge on any atom is 0.226 e. The van der Waals surface area contributed by atoms with Crippen LogP contribution in [0.5, 0.6) is 0 Å². The molecule has 244 valence electrons. The van der Waals surface area contributed by atoms with Crippen molar-refractivity contribution in [2.45, 2.75) is 126 Å². The third kappa shape index (κ3) is 4.73. The summed E-state index contributed by atoms with van der Waals surface area (Å²) in [5, 5.41) is 8.15. The van der Waals surface area contributed by atoms with Gasteiger partial charge in [0.2, 0.25) is 5.91 Å². The van der Waals surface area contributed by atoms with Crippen LogP contribution < -0.4 is 5.32 Å². The van der Waals surface area contributed by atoms with Gasteiger partial charge in [0.25, 0.3) is 0 Å². The van der Waals surface area contributed by atoms with Crippen molar-refractivity contribution in [1.29, 1.82) is 0 Å². The lowest BCUT2D eigenvalue weighted by Gasteiger charge is -2.71. The summed E-state index contributed by atoms with van der Waals surface area (Å²) in [6.45, 7) is 18.3. The first-order valence-corrected chi connectivity index (χ1v) is 18.2. The van der Waals surface area contributed by atoms with E-state index in [1.54, 1.807) is 5.57 Å². The molecule has 0 saturated heterocycles. The molecule has 1 aromatic heterocycles. The van der Waals surface area contributed by atoms with Gasteiger partial charge in [0.05, 0.1) is 6.54 Å². The van der Waals surface area contributed by atoms with E-state index in [2.05, 4.69) is 65.0 Å². The smallest absolute Gasteiger partial charge is 0.226 e. The molecule has 4 nitrogen and oxygen atoms in total. The highest BCUT2D eigenvalue weighted by atomic mass is 35.5. The van der Waals surface area contributed by atoms with Crippen molar-refractivity contribution in [3.8, 4) is 11.3 Å². The summed E-state index contributed by atoms with van der Waals surface area (Å²) in [7, 11) is 0. The number of halogens is 1. The molecular formula is C40H55ClN2O2. The van der Waals surface area contributed by atoms with Crippen LogP contribution >= 0.6 is 11.6 Å². The van der Waals surface area contributed by atoms with Gasteiger partial charge < -0.3 is 9.84 Å². The van der Waals surface area contributed by atoms with Gasteiger partial charge in [-0.05, 0) is 121 Å². The van der Waals surface area contributed by atoms with E-state index in [4.69, 9.17) is 16.1 Å². The van der Waals surface area contributed by atoms with Crippen molar-refractivity contribution >= 4 is 17.5 Å². The number of rotatable bonds is 4. The topological polar surface area (TPSA) is 55.1 Å². The minimum atomic E-state index is -0.395. The molecule has 1 N–H and O–H groups in total. The molecule has 0 bridgehead atoms. The zero-order valence-electron chi connectivity index (χ0n) is 28.8. The first kappa shape index (κ1) is 31.5. The fourth-order valence-corrected chi connectivity index (χ4v) is 12.4. The van der Waals surface area contributed by atoms with Crippen molar-refractivity contribution in [1.82, 2.24) is 10.5 Å². The van der Waals surface area contributed by atoms with Gasteiger partial charge in [-0.1, -0.05) is 95.4 Å². The fraction of sp³-hybridized carbons (Fsp3) is 0.700. The number of nitrogens with zero attached hydrogens (tertiary/aromatic N) is 1. The van der Waals surface area contributed by atoms with Crippen molar-refractivity contribution in [3.05, 3.63) is 52.8 Å². The SMILES string of the molecule is CC1(C)CCC[C@@]2(C)C1CC[C@]1(C)C2CC=C2[C@@H]3C[C@@](C)(C(=O)NCc4cc(-c5cccc(Cl)c5)no4)CC[C@]3(C)CC[C@@]21C. The number of fused-ring (bicyclic) bond motifs is 7. The number of hydrogen-bond donors (Lipinski definition) is 1. The van der Waals surface area contributed by atoms with Gasteiger partial charge in [-0.15, -0.1) is 0 Å². The molecule has 1 heterocycles. The number of carbonyl (C=O) groups is 1. The molecule has 5 aliphatic carbocycles. The quantitative estimate of drug-likeness (QED) is 0.342. The Labute approximate surface area is 276 Å². The molecule has 2 unspecified atom stereocenters. The molecule has 7 rings (SSSR count). The van der Waals surface area contributed by atoms with Crippen LogP contribution in [0, 0.1) is 50.2 Å². The lowest BCUT2D eigenvalue weighted by molar-refractivity contribution is -0.180. The van der Waals surface area contributed by atoms with E-state index in [1.165, 1.54) is 51.4 Å². The predicted molar refractivity (Wildman–Crippen MR) is 182 cm³/mol. The van der Waals surface area contributed by atoms with Crippen molar-refractivity contribution in [2.75, 3.05) is 0 Å². The summed E-state index contributed by atoms with van der Waals surface area (Å²) in [5.74, 6) is 2.86. The van der Waals surface area contributed by atoms with Crippen LogP contribution in [0.4, 0.5) is 0 Å². The number of carbonyl (C=O) groups excluding carboxylic acids is 1. The summed E-state index contributed by atoms with van der Waals surface area (Å²) >= 11 is 6.18. The highest BCUT2D eigenvalue weighted by molar-refractivity contribution is 6.30. The van der Waals surface area contributed by atoms with Crippen LogP contribution in [0.1, 0.15) is 125 Å². The second kappa shape index (κ2) is 10.5. The van der Waals surface area contributed by atoms with E-state index in [0.29, 0.717) is 39.5 Å². The van der Waals surface area contributed by atoms with E-state index in [9.17, 15) is 4.79 Å². The van der Waals surface area contributed by atoms with Gasteiger partial charge in [-0.3, -0.25) is 4.79 Å². The molecule has 45 heavy (non-hydrogen) atoms. The summed E-state index contributed by atoms with van der Waals surface area (Å²) in [4.78, 5) is 14.0. The maximum atomic E-state index is 14.0. The summed E-state index contributed by atoms with van der Waals surface area (Å²) in [6, 6.07) is 9.51. The van der Waals surface area contributed by atoms with Gasteiger partial charge in [-0.25, -0.2) is 0 Å². The molecule has 1 amide bonds. The summed E-state index contributed by atoms with van der Waals surface area (Å²) in [6.07, 6.45) is 16.4. The number of hydrogen-bond acceptors (Lipinski definition) is 3. The van der Waals surface area contributed by atoms with Crippen molar-refractivity contribution in [2.24, 2.45) is 50.2 Å². The Kier molecular flexibility index (Phi) is 7.33. The maximum absolute atomic E-state index is 14.0. The molecule has 4 saturated carbocycles. The Morgan fingerprint density at radius 1 is 0.956 bits per heavy atom. The Morgan fingerprint density at radius 2 is 1.73 bits per heavy atom. The highest BCUT2D eigenvalue weighted by Crippen LogP contribution is 2.75. The Morgan fingerprint density at radius 3 is 2.51 bits per heavy atom. The van der Waals surface area contributed by atoms with Crippen LogP contribution in [0.3, 0.4) is 0 Å². The third-order valence-corrected chi connectivity index (χ3v) is 15.5. The average Bonchev–Trinajstić information content (AvgIpc) is 3.46. The van der Waals surface area contributed by atoms with Gasteiger partial charge >= 0.3 is 0 Å². The predicted octanol–water partition coefficient (Wildman–Crippen LogP) is 10.8. The molecule has 4 fully saturated rings. The lowest BCUT2D eigenvalue weighted by Crippen LogP contribution is -2.63. The van der Waals surface area contributed by atoms with Crippen LogP contribution in [-0.4, -0.2) is 11.1 Å². The zero-order chi connectivity index (χ0) is 32.0. The molecule has 0 aliphatic heterocycles. The molecule has 0 spiro atoms. The third-order valence-electron chi connectivity index (χ3n) is 15.2. The van der Waals surface area contributed by atoms with Crippen LogP contribution in [0.2, 0.25) is 5.02 Å². The highest BCUT2D eigenvalue weighted by Gasteiger charge is 2.67. The largest absolute Gasteiger partial charge is 0.359 e. The number of nitrogens with one attached hydrogen (secondary N) is 1. The first-order chi connectivity index (χ1) is 21.1. The van der Waals surface area contributed by atoms with Gasteiger partial charge in [-0.2, -0.15) is 0 Å². The molecule has 5 aliphatic rings. The number of amides is 1. The Hall–Kier alpha value is -2.07. The van der Waals surface area contributed by atoms with Crippen molar-refractivity contribution < 1.29 is 9.32 Å². The second-order valence-corrected chi connectivity index (χ2v) is 18.4. The van der Waals surface area contributed by atoms with E-state index in [-0.39, 0.29) is 16.7 Å². The lowest BCUT2D eigenvalue weighted by atomic mass is 9.34. The number of benzene rings is 1.